The fraction of sp³-hybridized carbons (Fsp3) is 0.500. The number of carbonyl (C=O) groups excluding carboxylic acids is 1. The third-order valence-electron chi connectivity index (χ3n) is 2.25. The standard InChI is InChI=1S/C10H15N5O/c1-11-10-12-5-4-8(15-10)13-6-9(16)14-7-2-3-7/h4-5,7H,2-3,6H2,1H3,(H,14,16)(H2,11,12,13,15). The van der Waals surface area contributed by atoms with Crippen LogP contribution in [0.3, 0.4) is 0 Å². The number of nitrogens with one attached hydrogen (secondary N) is 3. The second-order valence-electron chi connectivity index (χ2n) is 3.71. The number of anilines is 2. The Morgan fingerprint density at radius 2 is 2.38 bits per heavy atom. The molecular formula is C10H15N5O. The lowest BCUT2D eigenvalue weighted by atomic mass is 10.5. The van der Waals surface area contributed by atoms with E-state index in [0.717, 1.165) is 12.8 Å². The first-order valence-electron chi connectivity index (χ1n) is 5.32. The first kappa shape index (κ1) is 10.7. The van der Waals surface area contributed by atoms with Crippen molar-refractivity contribution in [3.05, 3.63) is 12.3 Å². The van der Waals surface area contributed by atoms with Crippen LogP contribution in [0.5, 0.6) is 0 Å². The van der Waals surface area contributed by atoms with Gasteiger partial charge in [-0.1, -0.05) is 0 Å². The van der Waals surface area contributed by atoms with E-state index < -0.39 is 0 Å². The van der Waals surface area contributed by atoms with Gasteiger partial charge in [0.05, 0.1) is 6.54 Å². The molecule has 1 aromatic heterocycles. The summed E-state index contributed by atoms with van der Waals surface area (Å²) in [4.78, 5) is 19.5. The molecule has 1 aromatic rings. The summed E-state index contributed by atoms with van der Waals surface area (Å²) in [7, 11) is 1.75. The second-order valence-corrected chi connectivity index (χ2v) is 3.71. The summed E-state index contributed by atoms with van der Waals surface area (Å²) in [5.41, 5.74) is 0. The summed E-state index contributed by atoms with van der Waals surface area (Å²) in [5, 5.41) is 8.68. The van der Waals surface area contributed by atoms with Gasteiger partial charge in [0.2, 0.25) is 11.9 Å². The summed E-state index contributed by atoms with van der Waals surface area (Å²) in [6.45, 7) is 0.247. The Balaban J connectivity index is 1.80. The Labute approximate surface area is 93.9 Å². The quantitative estimate of drug-likeness (QED) is 0.662. The van der Waals surface area contributed by atoms with E-state index >= 15 is 0 Å². The normalized spacial score (nSPS) is 14.3. The van der Waals surface area contributed by atoms with E-state index in [1.165, 1.54) is 0 Å². The topological polar surface area (TPSA) is 78.9 Å². The van der Waals surface area contributed by atoms with Gasteiger partial charge in [-0.2, -0.15) is 4.98 Å². The van der Waals surface area contributed by atoms with E-state index in [4.69, 9.17) is 0 Å². The summed E-state index contributed by atoms with van der Waals surface area (Å²) < 4.78 is 0. The van der Waals surface area contributed by atoms with Gasteiger partial charge in [0.15, 0.2) is 0 Å². The van der Waals surface area contributed by atoms with Gasteiger partial charge in [-0.25, -0.2) is 4.98 Å². The van der Waals surface area contributed by atoms with E-state index in [-0.39, 0.29) is 12.5 Å². The maximum absolute atomic E-state index is 11.4. The van der Waals surface area contributed by atoms with Crippen molar-refractivity contribution in [1.82, 2.24) is 15.3 Å². The van der Waals surface area contributed by atoms with E-state index in [0.29, 0.717) is 17.8 Å². The van der Waals surface area contributed by atoms with E-state index in [1.54, 1.807) is 19.3 Å². The van der Waals surface area contributed by atoms with Crippen LogP contribution in [0.25, 0.3) is 0 Å². The van der Waals surface area contributed by atoms with Crippen LogP contribution in [0, 0.1) is 0 Å². The molecule has 0 atom stereocenters. The first-order valence-corrected chi connectivity index (χ1v) is 5.32. The molecule has 0 spiro atoms. The molecular weight excluding hydrogens is 206 g/mol. The fourth-order valence-corrected chi connectivity index (χ4v) is 1.25. The molecule has 1 aliphatic rings. The summed E-state index contributed by atoms with van der Waals surface area (Å²) in [5.74, 6) is 1.19. The van der Waals surface area contributed by atoms with Gasteiger partial charge in [0.25, 0.3) is 0 Å². The molecule has 3 N–H and O–H groups in total. The van der Waals surface area contributed by atoms with Crippen LogP contribution in [0.15, 0.2) is 12.3 Å². The number of nitrogens with zero attached hydrogens (tertiary/aromatic N) is 2. The lowest BCUT2D eigenvalue weighted by Crippen LogP contribution is -2.31. The molecule has 0 saturated heterocycles. The van der Waals surface area contributed by atoms with Crippen molar-refractivity contribution in [3.8, 4) is 0 Å². The van der Waals surface area contributed by atoms with Crippen LogP contribution in [-0.2, 0) is 4.79 Å². The molecule has 1 saturated carbocycles. The largest absolute Gasteiger partial charge is 0.361 e. The molecule has 6 heteroatoms. The molecule has 0 bridgehead atoms. The zero-order valence-corrected chi connectivity index (χ0v) is 9.16. The average Bonchev–Trinajstić information content (AvgIpc) is 3.10. The van der Waals surface area contributed by atoms with Crippen molar-refractivity contribution in [2.24, 2.45) is 0 Å². The Hall–Kier alpha value is -1.85. The zero-order chi connectivity index (χ0) is 11.4. The van der Waals surface area contributed by atoms with Crippen LogP contribution in [-0.4, -0.2) is 35.5 Å². The van der Waals surface area contributed by atoms with Crippen LogP contribution in [0.1, 0.15) is 12.8 Å². The van der Waals surface area contributed by atoms with Gasteiger partial charge in [0, 0.05) is 19.3 Å². The summed E-state index contributed by atoms with van der Waals surface area (Å²) in [6.07, 6.45) is 3.84. The SMILES string of the molecule is CNc1nccc(NCC(=O)NC2CC2)n1. The van der Waals surface area contributed by atoms with Gasteiger partial charge < -0.3 is 16.0 Å². The highest BCUT2D eigenvalue weighted by Gasteiger charge is 2.22. The highest BCUT2D eigenvalue weighted by atomic mass is 16.2. The number of amides is 1. The van der Waals surface area contributed by atoms with Crippen molar-refractivity contribution in [2.75, 3.05) is 24.2 Å². The van der Waals surface area contributed by atoms with Crippen LogP contribution in [0.4, 0.5) is 11.8 Å². The van der Waals surface area contributed by atoms with Crippen LogP contribution >= 0.6 is 0 Å². The third kappa shape index (κ3) is 3.08. The van der Waals surface area contributed by atoms with E-state index in [1.807, 2.05) is 0 Å². The highest BCUT2D eigenvalue weighted by Crippen LogP contribution is 2.18. The number of rotatable bonds is 5. The molecule has 6 nitrogen and oxygen atoms in total. The summed E-state index contributed by atoms with van der Waals surface area (Å²) in [6, 6.07) is 2.12. The van der Waals surface area contributed by atoms with Crippen LogP contribution < -0.4 is 16.0 Å². The first-order chi connectivity index (χ1) is 7.78. The number of carbonyl (C=O) groups is 1. The molecule has 16 heavy (non-hydrogen) atoms. The molecule has 1 heterocycles. The molecule has 0 unspecified atom stereocenters. The second kappa shape index (κ2) is 4.78. The molecule has 0 radical (unpaired) electrons. The molecule has 0 aliphatic heterocycles. The number of hydrogen-bond acceptors (Lipinski definition) is 5. The molecule has 0 aromatic carbocycles. The Morgan fingerprint density at radius 3 is 3.06 bits per heavy atom. The summed E-state index contributed by atoms with van der Waals surface area (Å²) >= 11 is 0. The van der Waals surface area contributed by atoms with Gasteiger partial charge in [-0.05, 0) is 18.9 Å². The van der Waals surface area contributed by atoms with Crippen LogP contribution in [0.2, 0.25) is 0 Å². The average molecular weight is 221 g/mol. The fourth-order valence-electron chi connectivity index (χ4n) is 1.25. The Morgan fingerprint density at radius 1 is 1.56 bits per heavy atom. The Kier molecular flexibility index (Phi) is 3.19. The third-order valence-corrected chi connectivity index (χ3v) is 2.25. The maximum atomic E-state index is 11.4. The van der Waals surface area contributed by atoms with E-state index in [9.17, 15) is 4.79 Å². The smallest absolute Gasteiger partial charge is 0.239 e. The van der Waals surface area contributed by atoms with Gasteiger partial charge in [-0.3, -0.25) is 4.79 Å². The predicted molar refractivity (Wildman–Crippen MR) is 61.2 cm³/mol. The minimum Gasteiger partial charge on any atom is -0.361 e. The molecule has 2 rings (SSSR count). The maximum Gasteiger partial charge on any atom is 0.239 e. The van der Waals surface area contributed by atoms with Gasteiger partial charge >= 0.3 is 0 Å². The lowest BCUT2D eigenvalue weighted by molar-refractivity contribution is -0.119. The Bertz CT molecular complexity index is 377. The molecule has 1 amide bonds. The monoisotopic (exact) mass is 221 g/mol. The number of hydrogen-bond donors (Lipinski definition) is 3. The van der Waals surface area contributed by atoms with E-state index in [2.05, 4.69) is 25.9 Å². The molecule has 86 valence electrons. The minimum atomic E-state index is 0.00659. The van der Waals surface area contributed by atoms with Gasteiger partial charge in [0.1, 0.15) is 5.82 Å². The van der Waals surface area contributed by atoms with Gasteiger partial charge in [-0.15, -0.1) is 0 Å². The lowest BCUT2D eigenvalue weighted by Gasteiger charge is -2.06. The van der Waals surface area contributed by atoms with Crippen molar-refractivity contribution < 1.29 is 4.79 Å². The molecule has 1 aliphatic carbocycles. The van der Waals surface area contributed by atoms with Crippen molar-refractivity contribution >= 4 is 17.7 Å². The predicted octanol–water partition coefficient (Wildman–Crippen LogP) is 0.209. The number of aromatic nitrogens is 2. The molecule has 1 fully saturated rings. The van der Waals surface area contributed by atoms with Crippen molar-refractivity contribution in [2.45, 2.75) is 18.9 Å². The van der Waals surface area contributed by atoms with Crippen molar-refractivity contribution in [3.63, 3.8) is 0 Å². The highest BCUT2D eigenvalue weighted by molar-refractivity contribution is 5.80. The minimum absolute atomic E-state index is 0.00659. The zero-order valence-electron chi connectivity index (χ0n) is 9.16. The van der Waals surface area contributed by atoms with Crippen molar-refractivity contribution in [1.29, 1.82) is 0 Å².